The SMILES string of the molecule is O=[N+]([O-])c1c(Nc2ccc(C(F)(F)F)cc2)ncnc1Nc1ccc(Br)cn1. The highest BCUT2D eigenvalue weighted by atomic mass is 79.9. The molecule has 0 unspecified atom stereocenters. The van der Waals surface area contributed by atoms with Crippen LogP contribution < -0.4 is 10.6 Å². The van der Waals surface area contributed by atoms with Crippen molar-refractivity contribution in [1.82, 2.24) is 15.0 Å². The number of hydrogen-bond donors (Lipinski definition) is 2. The molecule has 8 nitrogen and oxygen atoms in total. The van der Waals surface area contributed by atoms with Gasteiger partial charge in [0, 0.05) is 16.4 Å². The monoisotopic (exact) mass is 454 g/mol. The Kier molecular flexibility index (Phi) is 5.40. The highest BCUT2D eigenvalue weighted by Crippen LogP contribution is 2.34. The summed E-state index contributed by atoms with van der Waals surface area (Å²) in [6, 6.07) is 7.29. The van der Waals surface area contributed by atoms with E-state index in [1.54, 1.807) is 12.1 Å². The van der Waals surface area contributed by atoms with Crippen LogP contribution in [0.5, 0.6) is 0 Å². The second kappa shape index (κ2) is 7.76. The Balaban J connectivity index is 1.91. The van der Waals surface area contributed by atoms with Crippen LogP contribution >= 0.6 is 15.9 Å². The van der Waals surface area contributed by atoms with Gasteiger partial charge in [-0.2, -0.15) is 13.2 Å². The minimum atomic E-state index is -4.48. The molecule has 0 fully saturated rings. The molecule has 0 bridgehead atoms. The van der Waals surface area contributed by atoms with E-state index >= 15 is 0 Å². The highest BCUT2D eigenvalue weighted by Gasteiger charge is 2.30. The Morgan fingerprint density at radius 1 is 0.964 bits per heavy atom. The second-order valence-corrected chi connectivity index (χ2v) is 6.28. The number of anilines is 4. The van der Waals surface area contributed by atoms with Gasteiger partial charge in [0.2, 0.25) is 11.6 Å². The van der Waals surface area contributed by atoms with Crippen LogP contribution in [0.25, 0.3) is 0 Å². The second-order valence-electron chi connectivity index (χ2n) is 5.36. The quantitative estimate of drug-likeness (QED) is 0.410. The predicted octanol–water partition coefficient (Wildman–Crippen LogP) is 5.05. The minimum absolute atomic E-state index is 0.121. The Morgan fingerprint density at radius 3 is 2.14 bits per heavy atom. The van der Waals surface area contributed by atoms with Gasteiger partial charge in [0.1, 0.15) is 12.1 Å². The number of nitrogens with one attached hydrogen (secondary N) is 2. The zero-order valence-corrected chi connectivity index (χ0v) is 15.3. The van der Waals surface area contributed by atoms with Gasteiger partial charge in [-0.15, -0.1) is 0 Å². The lowest BCUT2D eigenvalue weighted by molar-refractivity contribution is -0.383. The van der Waals surface area contributed by atoms with Gasteiger partial charge in [-0.25, -0.2) is 15.0 Å². The van der Waals surface area contributed by atoms with E-state index in [-0.39, 0.29) is 17.3 Å². The van der Waals surface area contributed by atoms with Crippen molar-refractivity contribution in [3.05, 3.63) is 69.1 Å². The lowest BCUT2D eigenvalue weighted by Gasteiger charge is -2.11. The first-order valence-electron chi connectivity index (χ1n) is 7.56. The van der Waals surface area contributed by atoms with Gasteiger partial charge in [-0.1, -0.05) is 0 Å². The Hall–Kier alpha value is -3.28. The molecule has 2 heterocycles. The molecule has 0 atom stereocenters. The molecule has 2 N–H and O–H groups in total. The van der Waals surface area contributed by atoms with Crippen molar-refractivity contribution in [1.29, 1.82) is 0 Å². The fraction of sp³-hybridized carbons (Fsp3) is 0.0625. The number of benzene rings is 1. The molecule has 0 aliphatic carbocycles. The summed E-state index contributed by atoms with van der Waals surface area (Å²) in [4.78, 5) is 22.6. The number of nitro groups is 1. The van der Waals surface area contributed by atoms with Crippen LogP contribution in [0.4, 0.5) is 42.0 Å². The van der Waals surface area contributed by atoms with Gasteiger partial charge < -0.3 is 10.6 Å². The first-order chi connectivity index (χ1) is 13.2. The number of rotatable bonds is 5. The van der Waals surface area contributed by atoms with Crippen molar-refractivity contribution in [2.24, 2.45) is 0 Å². The lowest BCUT2D eigenvalue weighted by Crippen LogP contribution is -2.07. The molecule has 12 heteroatoms. The Bertz CT molecular complexity index is 997. The van der Waals surface area contributed by atoms with Gasteiger partial charge >= 0.3 is 11.9 Å². The standard InChI is InChI=1S/C16H10BrF3N6O2/c17-10-3-6-12(21-7-10)25-15-13(26(27)28)14(22-8-23-15)24-11-4-1-9(2-5-11)16(18,19)20/h1-8H,(H2,21,22,23,24,25). The summed E-state index contributed by atoms with van der Waals surface area (Å²) in [7, 11) is 0. The molecule has 1 aromatic carbocycles. The molecule has 28 heavy (non-hydrogen) atoms. The van der Waals surface area contributed by atoms with Gasteiger partial charge in [-0.3, -0.25) is 10.1 Å². The maximum Gasteiger partial charge on any atom is 0.416 e. The van der Waals surface area contributed by atoms with Crippen LogP contribution in [-0.2, 0) is 6.18 Å². The summed E-state index contributed by atoms with van der Waals surface area (Å²) >= 11 is 3.23. The summed E-state index contributed by atoms with van der Waals surface area (Å²) in [6.07, 6.45) is -1.90. The fourth-order valence-electron chi connectivity index (χ4n) is 2.18. The number of alkyl halides is 3. The third-order valence-electron chi connectivity index (χ3n) is 3.45. The first kappa shape index (κ1) is 19.5. The molecule has 3 rings (SSSR count). The normalized spacial score (nSPS) is 11.1. The maximum atomic E-state index is 12.7. The van der Waals surface area contributed by atoms with Gasteiger partial charge in [-0.05, 0) is 52.3 Å². The molecule has 0 amide bonds. The minimum Gasteiger partial charge on any atom is -0.334 e. The molecule has 3 aromatic rings. The highest BCUT2D eigenvalue weighted by molar-refractivity contribution is 9.10. The van der Waals surface area contributed by atoms with Crippen molar-refractivity contribution in [3.63, 3.8) is 0 Å². The van der Waals surface area contributed by atoms with E-state index in [0.29, 0.717) is 5.82 Å². The lowest BCUT2D eigenvalue weighted by atomic mass is 10.2. The van der Waals surface area contributed by atoms with Crippen molar-refractivity contribution in [3.8, 4) is 0 Å². The summed E-state index contributed by atoms with van der Waals surface area (Å²) < 4.78 is 38.7. The molecular weight excluding hydrogens is 445 g/mol. The molecule has 0 aliphatic heterocycles. The van der Waals surface area contributed by atoms with Crippen molar-refractivity contribution < 1.29 is 18.1 Å². The van der Waals surface area contributed by atoms with Gasteiger partial charge in [0.05, 0.1) is 10.5 Å². The topological polar surface area (TPSA) is 106 Å². The maximum absolute atomic E-state index is 12.7. The van der Waals surface area contributed by atoms with Crippen LogP contribution in [0, 0.1) is 10.1 Å². The van der Waals surface area contributed by atoms with E-state index in [1.807, 2.05) is 0 Å². The first-order valence-corrected chi connectivity index (χ1v) is 8.35. The van der Waals surface area contributed by atoms with E-state index in [2.05, 4.69) is 41.5 Å². The summed E-state index contributed by atoms with van der Waals surface area (Å²) in [5, 5.41) is 16.9. The fourth-order valence-corrected chi connectivity index (χ4v) is 2.42. The van der Waals surface area contributed by atoms with Crippen molar-refractivity contribution in [2.75, 3.05) is 10.6 Å². The number of hydrogen-bond acceptors (Lipinski definition) is 7. The van der Waals surface area contributed by atoms with Crippen LogP contribution in [0.2, 0.25) is 0 Å². The zero-order valence-electron chi connectivity index (χ0n) is 13.7. The van der Waals surface area contributed by atoms with Crippen LogP contribution in [-0.4, -0.2) is 19.9 Å². The van der Waals surface area contributed by atoms with Crippen LogP contribution in [0.3, 0.4) is 0 Å². The number of nitrogens with zero attached hydrogens (tertiary/aromatic N) is 4. The van der Waals surface area contributed by atoms with Crippen molar-refractivity contribution >= 4 is 44.8 Å². The van der Waals surface area contributed by atoms with E-state index in [4.69, 9.17) is 0 Å². The molecule has 144 valence electrons. The van der Waals surface area contributed by atoms with E-state index in [0.717, 1.165) is 35.1 Å². The number of aromatic nitrogens is 3. The van der Waals surface area contributed by atoms with E-state index < -0.39 is 22.4 Å². The van der Waals surface area contributed by atoms with E-state index in [9.17, 15) is 23.3 Å². The van der Waals surface area contributed by atoms with Gasteiger partial charge in [0.25, 0.3) is 0 Å². The Morgan fingerprint density at radius 2 is 1.61 bits per heavy atom. The third-order valence-corrected chi connectivity index (χ3v) is 3.92. The van der Waals surface area contributed by atoms with Crippen LogP contribution in [0.1, 0.15) is 5.56 Å². The molecule has 0 spiro atoms. The number of pyridine rings is 1. The predicted molar refractivity (Wildman–Crippen MR) is 98.6 cm³/mol. The third kappa shape index (κ3) is 4.52. The average Bonchev–Trinajstić information content (AvgIpc) is 2.63. The smallest absolute Gasteiger partial charge is 0.334 e. The van der Waals surface area contributed by atoms with Crippen molar-refractivity contribution in [2.45, 2.75) is 6.18 Å². The average molecular weight is 455 g/mol. The van der Waals surface area contributed by atoms with E-state index in [1.165, 1.54) is 6.20 Å². The Labute approximate surface area is 164 Å². The molecule has 0 saturated carbocycles. The summed E-state index contributed by atoms with van der Waals surface area (Å²) in [5.41, 5.74) is -1.12. The molecule has 2 aromatic heterocycles. The largest absolute Gasteiger partial charge is 0.416 e. The summed E-state index contributed by atoms with van der Waals surface area (Å²) in [5.74, 6) is 0.00841. The molecule has 0 radical (unpaired) electrons. The molecule has 0 saturated heterocycles. The van der Waals surface area contributed by atoms with Crippen LogP contribution in [0.15, 0.2) is 53.4 Å². The molecular formula is C16H10BrF3N6O2. The number of halogens is 4. The zero-order chi connectivity index (χ0) is 20.3. The summed E-state index contributed by atoms with van der Waals surface area (Å²) in [6.45, 7) is 0. The van der Waals surface area contributed by atoms with Gasteiger partial charge in [0.15, 0.2) is 0 Å². The molecule has 0 aliphatic rings.